The van der Waals surface area contributed by atoms with Crippen LogP contribution in [0.1, 0.15) is 36.1 Å². The van der Waals surface area contributed by atoms with Gasteiger partial charge in [-0.05, 0) is 50.1 Å². The van der Waals surface area contributed by atoms with Gasteiger partial charge >= 0.3 is 0 Å². The number of benzene rings is 2. The Hall–Kier alpha value is -2.25. The molecule has 2 aromatic rings. The van der Waals surface area contributed by atoms with Crippen molar-refractivity contribution in [3.05, 3.63) is 58.1 Å². The molecule has 1 amide bonds. The molecule has 0 radical (unpaired) electrons. The van der Waals surface area contributed by atoms with Gasteiger partial charge in [-0.15, -0.1) is 0 Å². The minimum Gasteiger partial charge on any atom is -0.478 e. The zero-order chi connectivity index (χ0) is 21.3. The fourth-order valence-corrected chi connectivity index (χ4v) is 4.60. The van der Waals surface area contributed by atoms with Crippen LogP contribution in [0.15, 0.2) is 36.4 Å². The molecule has 0 unspecified atom stereocenters. The number of nitrogens with one attached hydrogen (secondary N) is 1. The van der Waals surface area contributed by atoms with Crippen molar-refractivity contribution in [1.29, 1.82) is 0 Å². The van der Waals surface area contributed by atoms with Crippen LogP contribution in [0, 0.1) is 13.8 Å². The third-order valence-electron chi connectivity index (χ3n) is 5.01. The first-order chi connectivity index (χ1) is 13.6. The SMILES string of the molecule is Cc1ccc(C)c([C@@H](C)NC(=O)[C@H]2CCN(S(C)(=O)=O)c3cc(Cl)ccc3O2)c1. The largest absolute Gasteiger partial charge is 0.478 e. The standard InChI is InChI=1S/C21H25ClN2O4S/c1-13-5-6-14(2)17(11-13)15(3)23-21(25)20-9-10-24(29(4,26)27)18-12-16(22)7-8-19(18)28-20/h5-8,11-12,15,20H,9-10H2,1-4H3,(H,23,25)/t15-,20-/m1/s1. The molecule has 2 atom stereocenters. The first kappa shape index (κ1) is 21.5. The van der Waals surface area contributed by atoms with Gasteiger partial charge < -0.3 is 10.1 Å². The molecule has 2 aromatic carbocycles. The van der Waals surface area contributed by atoms with Crippen molar-refractivity contribution < 1.29 is 17.9 Å². The summed E-state index contributed by atoms with van der Waals surface area (Å²) in [7, 11) is -3.54. The summed E-state index contributed by atoms with van der Waals surface area (Å²) in [6.45, 7) is 6.06. The highest BCUT2D eigenvalue weighted by Gasteiger charge is 2.32. The second-order valence-electron chi connectivity index (χ2n) is 7.43. The number of sulfonamides is 1. The highest BCUT2D eigenvalue weighted by Crippen LogP contribution is 2.36. The van der Waals surface area contributed by atoms with Gasteiger partial charge in [0.25, 0.3) is 5.91 Å². The lowest BCUT2D eigenvalue weighted by Crippen LogP contribution is -2.41. The number of amides is 1. The predicted octanol–water partition coefficient (Wildman–Crippen LogP) is 3.75. The van der Waals surface area contributed by atoms with Crippen molar-refractivity contribution in [2.24, 2.45) is 0 Å². The van der Waals surface area contributed by atoms with Crippen LogP contribution in [0.25, 0.3) is 0 Å². The van der Waals surface area contributed by atoms with Crippen LogP contribution in [0.4, 0.5) is 5.69 Å². The molecule has 6 nitrogen and oxygen atoms in total. The Morgan fingerprint density at radius 2 is 1.97 bits per heavy atom. The summed E-state index contributed by atoms with van der Waals surface area (Å²) in [5.41, 5.74) is 3.59. The van der Waals surface area contributed by atoms with E-state index in [1.807, 2.05) is 32.9 Å². The van der Waals surface area contributed by atoms with Gasteiger partial charge in [0.05, 0.1) is 18.0 Å². The van der Waals surface area contributed by atoms with Crippen molar-refractivity contribution in [1.82, 2.24) is 5.32 Å². The molecule has 0 saturated heterocycles. The van der Waals surface area contributed by atoms with Gasteiger partial charge in [0, 0.05) is 18.0 Å². The molecular weight excluding hydrogens is 412 g/mol. The molecular formula is C21H25ClN2O4S. The molecule has 0 saturated carbocycles. The number of nitrogens with zero attached hydrogens (tertiary/aromatic N) is 1. The summed E-state index contributed by atoms with van der Waals surface area (Å²) in [5.74, 6) is 0.0338. The summed E-state index contributed by atoms with van der Waals surface area (Å²) in [4.78, 5) is 12.9. The van der Waals surface area contributed by atoms with Crippen molar-refractivity contribution in [2.45, 2.75) is 39.3 Å². The second-order valence-corrected chi connectivity index (χ2v) is 9.78. The summed E-state index contributed by atoms with van der Waals surface area (Å²) in [6.07, 6.45) is 0.542. The fourth-order valence-electron chi connectivity index (χ4n) is 3.49. The Balaban J connectivity index is 1.84. The number of carbonyl (C=O) groups excluding carboxylic acids is 1. The van der Waals surface area contributed by atoms with E-state index in [-0.39, 0.29) is 24.9 Å². The van der Waals surface area contributed by atoms with Crippen LogP contribution >= 0.6 is 11.6 Å². The van der Waals surface area contributed by atoms with Crippen molar-refractivity contribution >= 4 is 33.2 Å². The number of fused-ring (bicyclic) bond motifs is 1. The maximum Gasteiger partial charge on any atom is 0.261 e. The number of halogens is 1. The van der Waals surface area contributed by atoms with Gasteiger partial charge in [-0.3, -0.25) is 9.10 Å². The number of carbonyl (C=O) groups is 1. The molecule has 0 fully saturated rings. The van der Waals surface area contributed by atoms with Crippen LogP contribution in [0.5, 0.6) is 5.75 Å². The summed E-state index contributed by atoms with van der Waals surface area (Å²) >= 11 is 6.05. The first-order valence-electron chi connectivity index (χ1n) is 9.37. The molecule has 1 aliphatic rings. The minimum absolute atomic E-state index is 0.127. The monoisotopic (exact) mass is 436 g/mol. The Morgan fingerprint density at radius 1 is 1.24 bits per heavy atom. The topological polar surface area (TPSA) is 75.7 Å². The summed E-state index contributed by atoms with van der Waals surface area (Å²) in [5, 5.41) is 3.40. The first-order valence-corrected chi connectivity index (χ1v) is 11.6. The lowest BCUT2D eigenvalue weighted by molar-refractivity contribution is -0.128. The molecule has 1 aliphatic heterocycles. The maximum absolute atomic E-state index is 12.9. The quantitative estimate of drug-likeness (QED) is 0.791. The normalized spacial score (nSPS) is 17.7. The van der Waals surface area contributed by atoms with Crippen LogP contribution in [0.3, 0.4) is 0 Å². The van der Waals surface area contributed by atoms with E-state index < -0.39 is 16.1 Å². The molecule has 0 aromatic heterocycles. The predicted molar refractivity (Wildman–Crippen MR) is 115 cm³/mol. The molecule has 0 spiro atoms. The molecule has 0 bridgehead atoms. The molecule has 1 heterocycles. The lowest BCUT2D eigenvalue weighted by atomic mass is 10.00. The second kappa shape index (κ2) is 8.24. The van der Waals surface area contributed by atoms with Crippen LogP contribution in [-0.2, 0) is 14.8 Å². The Bertz CT molecular complexity index is 1040. The molecule has 0 aliphatic carbocycles. The van der Waals surface area contributed by atoms with E-state index in [1.54, 1.807) is 12.1 Å². The third kappa shape index (κ3) is 4.85. The van der Waals surface area contributed by atoms with Crippen molar-refractivity contribution in [2.75, 3.05) is 17.1 Å². The number of ether oxygens (including phenoxy) is 1. The molecule has 29 heavy (non-hydrogen) atoms. The number of hydrogen-bond donors (Lipinski definition) is 1. The average Bonchev–Trinajstić information content (AvgIpc) is 2.82. The number of anilines is 1. The minimum atomic E-state index is -3.54. The summed E-state index contributed by atoms with van der Waals surface area (Å²) in [6, 6.07) is 10.6. The Morgan fingerprint density at radius 3 is 2.66 bits per heavy atom. The molecule has 1 N–H and O–H groups in total. The van der Waals surface area contributed by atoms with Gasteiger partial charge in [-0.2, -0.15) is 0 Å². The zero-order valence-electron chi connectivity index (χ0n) is 16.9. The van der Waals surface area contributed by atoms with E-state index >= 15 is 0 Å². The van der Waals surface area contributed by atoms with E-state index in [0.717, 1.165) is 22.9 Å². The van der Waals surface area contributed by atoms with Crippen LogP contribution in [-0.4, -0.2) is 33.2 Å². The zero-order valence-corrected chi connectivity index (χ0v) is 18.5. The summed E-state index contributed by atoms with van der Waals surface area (Å²) < 4.78 is 31.6. The van der Waals surface area contributed by atoms with Gasteiger partial charge in [-0.25, -0.2) is 8.42 Å². The van der Waals surface area contributed by atoms with Gasteiger partial charge in [0.1, 0.15) is 5.75 Å². The van der Waals surface area contributed by atoms with E-state index in [9.17, 15) is 13.2 Å². The lowest BCUT2D eigenvalue weighted by Gasteiger charge is -2.21. The molecule has 3 rings (SSSR count). The molecule has 156 valence electrons. The number of rotatable bonds is 4. The van der Waals surface area contributed by atoms with Crippen molar-refractivity contribution in [3.8, 4) is 5.75 Å². The highest BCUT2D eigenvalue weighted by molar-refractivity contribution is 7.92. The number of aryl methyl sites for hydroxylation is 2. The van der Waals surface area contributed by atoms with Gasteiger partial charge in [0.15, 0.2) is 6.10 Å². The number of hydrogen-bond acceptors (Lipinski definition) is 4. The maximum atomic E-state index is 12.9. The van der Waals surface area contributed by atoms with Crippen LogP contribution < -0.4 is 14.4 Å². The fraction of sp³-hybridized carbons (Fsp3) is 0.381. The van der Waals surface area contributed by atoms with Crippen molar-refractivity contribution in [3.63, 3.8) is 0 Å². The van der Waals surface area contributed by atoms with E-state index in [1.165, 1.54) is 10.4 Å². The van der Waals surface area contributed by atoms with E-state index in [4.69, 9.17) is 16.3 Å². The molecule has 8 heteroatoms. The Kier molecular flexibility index (Phi) is 6.10. The van der Waals surface area contributed by atoms with Crippen LogP contribution in [0.2, 0.25) is 5.02 Å². The Labute approximate surface area is 176 Å². The van der Waals surface area contributed by atoms with Gasteiger partial charge in [-0.1, -0.05) is 35.4 Å². The third-order valence-corrected chi connectivity index (χ3v) is 6.42. The van der Waals surface area contributed by atoms with E-state index in [2.05, 4.69) is 11.4 Å². The highest BCUT2D eigenvalue weighted by atomic mass is 35.5. The smallest absolute Gasteiger partial charge is 0.261 e. The van der Waals surface area contributed by atoms with E-state index in [0.29, 0.717) is 16.5 Å². The van der Waals surface area contributed by atoms with Gasteiger partial charge in [0.2, 0.25) is 10.0 Å². The average molecular weight is 437 g/mol.